The smallest absolute Gasteiger partial charge is 0.233 e. The van der Waals surface area contributed by atoms with E-state index in [4.69, 9.17) is 4.42 Å². The Balaban J connectivity index is 1.98. The Morgan fingerprint density at radius 3 is 2.45 bits per heavy atom. The van der Waals surface area contributed by atoms with E-state index in [0.29, 0.717) is 5.92 Å². The van der Waals surface area contributed by atoms with Crippen LogP contribution < -0.4 is 5.32 Å². The van der Waals surface area contributed by atoms with Gasteiger partial charge in [-0.3, -0.25) is 0 Å². The fourth-order valence-corrected chi connectivity index (χ4v) is 2.98. The highest BCUT2D eigenvalue weighted by molar-refractivity contribution is 4.95. The van der Waals surface area contributed by atoms with Crippen LogP contribution in [0.2, 0.25) is 0 Å². The highest BCUT2D eigenvalue weighted by Gasteiger charge is 2.22. The Bertz CT molecular complexity index is 370. The first kappa shape index (κ1) is 15.5. The van der Waals surface area contributed by atoms with Gasteiger partial charge in [0.2, 0.25) is 11.8 Å². The third-order valence-electron chi connectivity index (χ3n) is 4.26. The summed E-state index contributed by atoms with van der Waals surface area (Å²) < 4.78 is 5.98. The molecule has 1 aliphatic carbocycles. The normalized spacial score (nSPS) is 19.5. The van der Waals surface area contributed by atoms with Gasteiger partial charge >= 0.3 is 0 Å². The molecular weight excluding hydrogens is 250 g/mol. The van der Waals surface area contributed by atoms with Crippen molar-refractivity contribution < 1.29 is 4.42 Å². The summed E-state index contributed by atoms with van der Waals surface area (Å²) in [6, 6.07) is 0.213. The first-order valence-corrected chi connectivity index (χ1v) is 8.41. The van der Waals surface area contributed by atoms with Crippen molar-refractivity contribution in [3.05, 3.63) is 11.8 Å². The Morgan fingerprint density at radius 1 is 1.10 bits per heavy atom. The molecule has 1 atom stereocenters. The second kappa shape index (κ2) is 8.40. The molecule has 1 aliphatic rings. The number of aromatic nitrogens is 2. The highest BCUT2D eigenvalue weighted by Crippen LogP contribution is 2.31. The van der Waals surface area contributed by atoms with Crippen molar-refractivity contribution in [3.63, 3.8) is 0 Å². The maximum Gasteiger partial charge on any atom is 0.233 e. The second-order valence-electron chi connectivity index (χ2n) is 5.94. The zero-order chi connectivity index (χ0) is 14.2. The molecule has 4 heteroatoms. The summed E-state index contributed by atoms with van der Waals surface area (Å²) in [6.45, 7) is 5.33. The molecule has 1 aromatic heterocycles. The standard InChI is InChI=1S/C16H29N3O/c1-3-12-17-14(4-2)16-19-18-15(20-16)13-10-8-6-5-7-9-11-13/h13-14,17H,3-12H2,1-2H3. The van der Waals surface area contributed by atoms with Crippen LogP contribution in [0.25, 0.3) is 0 Å². The summed E-state index contributed by atoms with van der Waals surface area (Å²) in [6.07, 6.45) is 11.2. The number of rotatable bonds is 6. The second-order valence-corrected chi connectivity index (χ2v) is 5.94. The lowest BCUT2D eigenvalue weighted by Gasteiger charge is -2.16. The largest absolute Gasteiger partial charge is 0.423 e. The molecule has 1 saturated carbocycles. The first-order chi connectivity index (χ1) is 9.85. The Morgan fingerprint density at radius 2 is 1.80 bits per heavy atom. The van der Waals surface area contributed by atoms with Gasteiger partial charge in [-0.2, -0.15) is 0 Å². The number of nitrogens with one attached hydrogen (secondary N) is 1. The van der Waals surface area contributed by atoms with Crippen molar-refractivity contribution in [2.24, 2.45) is 0 Å². The number of nitrogens with zero attached hydrogens (tertiary/aromatic N) is 2. The van der Waals surface area contributed by atoms with Crippen molar-refractivity contribution >= 4 is 0 Å². The van der Waals surface area contributed by atoms with Crippen LogP contribution in [0.5, 0.6) is 0 Å². The molecule has 0 radical (unpaired) electrons. The van der Waals surface area contributed by atoms with Crippen molar-refractivity contribution in [3.8, 4) is 0 Å². The molecule has 0 bridgehead atoms. The van der Waals surface area contributed by atoms with Crippen LogP contribution >= 0.6 is 0 Å². The van der Waals surface area contributed by atoms with Crippen molar-refractivity contribution in [1.82, 2.24) is 15.5 Å². The molecule has 2 rings (SSSR count). The molecule has 0 aliphatic heterocycles. The van der Waals surface area contributed by atoms with Crippen LogP contribution in [-0.4, -0.2) is 16.7 Å². The predicted molar refractivity (Wildman–Crippen MR) is 80.7 cm³/mol. The Kier molecular flexibility index (Phi) is 6.51. The summed E-state index contributed by atoms with van der Waals surface area (Å²) in [5.74, 6) is 2.14. The number of hydrogen-bond donors (Lipinski definition) is 1. The van der Waals surface area contributed by atoms with Gasteiger partial charge in [0.15, 0.2) is 0 Å². The quantitative estimate of drug-likeness (QED) is 0.841. The third-order valence-corrected chi connectivity index (χ3v) is 4.26. The molecule has 1 fully saturated rings. The minimum Gasteiger partial charge on any atom is -0.423 e. The predicted octanol–water partition coefficient (Wildman–Crippen LogP) is 4.35. The first-order valence-electron chi connectivity index (χ1n) is 8.41. The van der Waals surface area contributed by atoms with E-state index in [1.54, 1.807) is 0 Å². The molecule has 0 amide bonds. The van der Waals surface area contributed by atoms with Crippen LogP contribution in [-0.2, 0) is 0 Å². The zero-order valence-corrected chi connectivity index (χ0v) is 13.0. The summed E-state index contributed by atoms with van der Waals surface area (Å²) in [7, 11) is 0. The van der Waals surface area contributed by atoms with E-state index >= 15 is 0 Å². The molecule has 1 N–H and O–H groups in total. The molecule has 0 aromatic carbocycles. The van der Waals surface area contributed by atoms with E-state index in [9.17, 15) is 0 Å². The molecule has 4 nitrogen and oxygen atoms in total. The average Bonchev–Trinajstić information content (AvgIpc) is 2.89. The molecule has 114 valence electrons. The SMILES string of the molecule is CCCNC(CC)c1nnc(C2CCCCCCC2)o1. The molecular formula is C16H29N3O. The van der Waals surface area contributed by atoms with Gasteiger partial charge in [-0.15, -0.1) is 10.2 Å². The fraction of sp³-hybridized carbons (Fsp3) is 0.875. The van der Waals surface area contributed by atoms with Gasteiger partial charge in [0.25, 0.3) is 0 Å². The lowest BCUT2D eigenvalue weighted by Crippen LogP contribution is -2.21. The van der Waals surface area contributed by atoms with E-state index in [-0.39, 0.29) is 6.04 Å². The van der Waals surface area contributed by atoms with Crippen LogP contribution in [0.4, 0.5) is 0 Å². The fourth-order valence-electron chi connectivity index (χ4n) is 2.98. The van der Waals surface area contributed by atoms with Gasteiger partial charge in [-0.1, -0.05) is 46.0 Å². The van der Waals surface area contributed by atoms with Gasteiger partial charge in [0.1, 0.15) is 0 Å². The molecule has 20 heavy (non-hydrogen) atoms. The van der Waals surface area contributed by atoms with Gasteiger partial charge in [-0.25, -0.2) is 0 Å². The zero-order valence-electron chi connectivity index (χ0n) is 13.0. The molecule has 0 spiro atoms. The average molecular weight is 279 g/mol. The molecule has 0 saturated heterocycles. The summed E-state index contributed by atoms with van der Waals surface area (Å²) >= 11 is 0. The Labute approximate surface area is 122 Å². The van der Waals surface area contributed by atoms with Gasteiger partial charge in [0.05, 0.1) is 6.04 Å². The van der Waals surface area contributed by atoms with Crippen LogP contribution in [0, 0.1) is 0 Å². The number of hydrogen-bond acceptors (Lipinski definition) is 4. The Hall–Kier alpha value is -0.900. The van der Waals surface area contributed by atoms with Crippen LogP contribution in [0.15, 0.2) is 4.42 Å². The third kappa shape index (κ3) is 4.30. The summed E-state index contributed by atoms with van der Waals surface area (Å²) in [5.41, 5.74) is 0. The van der Waals surface area contributed by atoms with Gasteiger partial charge in [-0.05, 0) is 32.2 Å². The van der Waals surface area contributed by atoms with Crippen molar-refractivity contribution in [2.45, 2.75) is 83.6 Å². The maximum absolute atomic E-state index is 5.98. The molecule has 1 aromatic rings. The summed E-state index contributed by atoms with van der Waals surface area (Å²) in [4.78, 5) is 0. The molecule has 1 heterocycles. The van der Waals surface area contributed by atoms with Crippen LogP contribution in [0.1, 0.15) is 95.4 Å². The maximum atomic E-state index is 5.98. The van der Waals surface area contributed by atoms with E-state index in [1.165, 1.54) is 44.9 Å². The van der Waals surface area contributed by atoms with Crippen molar-refractivity contribution in [1.29, 1.82) is 0 Å². The van der Waals surface area contributed by atoms with Crippen molar-refractivity contribution in [2.75, 3.05) is 6.54 Å². The van der Waals surface area contributed by atoms with E-state index < -0.39 is 0 Å². The lowest BCUT2D eigenvalue weighted by atomic mass is 9.91. The highest BCUT2D eigenvalue weighted by atomic mass is 16.4. The van der Waals surface area contributed by atoms with E-state index in [0.717, 1.165) is 31.2 Å². The lowest BCUT2D eigenvalue weighted by molar-refractivity contribution is 0.334. The van der Waals surface area contributed by atoms with E-state index in [1.807, 2.05) is 0 Å². The van der Waals surface area contributed by atoms with E-state index in [2.05, 4.69) is 29.4 Å². The van der Waals surface area contributed by atoms with Gasteiger partial charge in [0, 0.05) is 5.92 Å². The van der Waals surface area contributed by atoms with Gasteiger partial charge < -0.3 is 9.73 Å². The minimum absolute atomic E-state index is 0.213. The minimum atomic E-state index is 0.213. The monoisotopic (exact) mass is 279 g/mol. The van der Waals surface area contributed by atoms with Crippen LogP contribution in [0.3, 0.4) is 0 Å². The molecule has 1 unspecified atom stereocenters. The topological polar surface area (TPSA) is 51.0 Å². The summed E-state index contributed by atoms with van der Waals surface area (Å²) in [5, 5.41) is 12.1.